The molecule has 0 atom stereocenters. The third-order valence-corrected chi connectivity index (χ3v) is 4.44. The smallest absolute Gasteiger partial charge is 0.200 e. The van der Waals surface area contributed by atoms with Crippen molar-refractivity contribution in [2.24, 2.45) is 10.7 Å². The molecule has 0 amide bonds. The van der Waals surface area contributed by atoms with Gasteiger partial charge < -0.3 is 5.73 Å². The molecular weight excluding hydrogens is 306 g/mol. The molecule has 3 heteroatoms. The SMILES string of the molecule is CN=C(N)N(c1ccc(C(C)(C)C)cc1)c1ccc(C(C)(C)C)cc1. The Balaban J connectivity index is 2.44. The maximum Gasteiger partial charge on any atom is 0.200 e. The Labute approximate surface area is 152 Å². The standard InChI is InChI=1S/C22H31N3/c1-21(2,3)16-8-12-18(13-9-16)25(20(23)24-7)19-14-10-17(11-15-19)22(4,5)6/h8-15H,1-7H3,(H2,23,24). The van der Waals surface area contributed by atoms with Crippen molar-refractivity contribution in [3.8, 4) is 0 Å². The Morgan fingerprint density at radius 1 is 0.720 bits per heavy atom. The van der Waals surface area contributed by atoms with Crippen LogP contribution in [0.25, 0.3) is 0 Å². The molecule has 2 aromatic carbocycles. The Bertz CT molecular complexity index is 669. The van der Waals surface area contributed by atoms with Gasteiger partial charge in [0.25, 0.3) is 0 Å². The molecular formula is C22H31N3. The summed E-state index contributed by atoms with van der Waals surface area (Å²) in [7, 11) is 1.72. The Morgan fingerprint density at radius 3 is 1.28 bits per heavy atom. The van der Waals surface area contributed by atoms with E-state index in [0.29, 0.717) is 5.96 Å². The van der Waals surface area contributed by atoms with Crippen molar-refractivity contribution in [1.82, 2.24) is 0 Å². The van der Waals surface area contributed by atoms with Crippen LogP contribution in [-0.4, -0.2) is 13.0 Å². The molecule has 25 heavy (non-hydrogen) atoms. The third kappa shape index (κ3) is 4.41. The number of benzene rings is 2. The summed E-state index contributed by atoms with van der Waals surface area (Å²) in [6, 6.07) is 17.1. The third-order valence-electron chi connectivity index (χ3n) is 4.44. The van der Waals surface area contributed by atoms with Crippen LogP contribution in [0.1, 0.15) is 52.7 Å². The average molecular weight is 338 g/mol. The van der Waals surface area contributed by atoms with Crippen LogP contribution in [0, 0.1) is 0 Å². The molecule has 0 radical (unpaired) electrons. The maximum absolute atomic E-state index is 6.20. The van der Waals surface area contributed by atoms with Crippen molar-refractivity contribution >= 4 is 17.3 Å². The van der Waals surface area contributed by atoms with Crippen LogP contribution in [-0.2, 0) is 10.8 Å². The van der Waals surface area contributed by atoms with Gasteiger partial charge in [0.05, 0.1) is 0 Å². The zero-order valence-corrected chi connectivity index (χ0v) is 16.6. The number of anilines is 2. The zero-order chi connectivity index (χ0) is 18.8. The van der Waals surface area contributed by atoms with Crippen LogP contribution < -0.4 is 10.6 Å². The lowest BCUT2D eigenvalue weighted by Crippen LogP contribution is -2.33. The van der Waals surface area contributed by atoms with Crippen LogP contribution >= 0.6 is 0 Å². The van der Waals surface area contributed by atoms with Crippen molar-refractivity contribution in [3.05, 3.63) is 59.7 Å². The van der Waals surface area contributed by atoms with E-state index in [-0.39, 0.29) is 10.8 Å². The lowest BCUT2D eigenvalue weighted by Gasteiger charge is -2.26. The van der Waals surface area contributed by atoms with Gasteiger partial charge in [0.2, 0.25) is 0 Å². The Morgan fingerprint density at radius 2 is 1.04 bits per heavy atom. The molecule has 0 bridgehead atoms. The molecule has 3 nitrogen and oxygen atoms in total. The second-order valence-electron chi connectivity index (χ2n) is 8.51. The highest BCUT2D eigenvalue weighted by molar-refractivity contribution is 6.01. The molecule has 0 aliphatic carbocycles. The monoisotopic (exact) mass is 337 g/mol. The summed E-state index contributed by atoms with van der Waals surface area (Å²) in [6.45, 7) is 13.3. The Hall–Kier alpha value is -2.29. The molecule has 2 aromatic rings. The van der Waals surface area contributed by atoms with Crippen molar-refractivity contribution < 1.29 is 0 Å². The summed E-state index contributed by atoms with van der Waals surface area (Å²) in [5.74, 6) is 0.479. The molecule has 0 spiro atoms. The number of aliphatic imine (C=N–C) groups is 1. The molecule has 0 fully saturated rings. The first-order chi connectivity index (χ1) is 11.5. The second kappa shape index (κ2) is 6.91. The zero-order valence-electron chi connectivity index (χ0n) is 16.6. The van der Waals surface area contributed by atoms with Gasteiger partial charge in [-0.15, -0.1) is 0 Å². The number of nitrogens with two attached hydrogens (primary N) is 1. The summed E-state index contributed by atoms with van der Waals surface area (Å²) in [6.07, 6.45) is 0. The Kier molecular flexibility index (Phi) is 5.26. The minimum absolute atomic E-state index is 0.127. The highest BCUT2D eigenvalue weighted by Gasteiger charge is 2.18. The predicted molar refractivity (Wildman–Crippen MR) is 110 cm³/mol. The van der Waals surface area contributed by atoms with Crippen LogP contribution in [0.3, 0.4) is 0 Å². The normalized spacial score (nSPS) is 13.0. The van der Waals surface area contributed by atoms with Gasteiger partial charge in [0.15, 0.2) is 5.96 Å². The van der Waals surface area contributed by atoms with E-state index in [1.807, 2.05) is 4.90 Å². The molecule has 2 rings (SSSR count). The minimum Gasteiger partial charge on any atom is -0.369 e. The lowest BCUT2D eigenvalue weighted by atomic mass is 9.87. The highest BCUT2D eigenvalue weighted by Crippen LogP contribution is 2.31. The molecule has 0 unspecified atom stereocenters. The summed E-state index contributed by atoms with van der Waals surface area (Å²) in [5.41, 5.74) is 11.1. The van der Waals surface area contributed by atoms with Crippen molar-refractivity contribution in [1.29, 1.82) is 0 Å². The number of hydrogen-bond acceptors (Lipinski definition) is 1. The first-order valence-electron chi connectivity index (χ1n) is 8.77. The largest absolute Gasteiger partial charge is 0.369 e. The summed E-state index contributed by atoms with van der Waals surface area (Å²) < 4.78 is 0. The van der Waals surface area contributed by atoms with Crippen molar-refractivity contribution in [2.75, 3.05) is 11.9 Å². The van der Waals surface area contributed by atoms with E-state index in [0.717, 1.165) is 11.4 Å². The fourth-order valence-electron chi connectivity index (χ4n) is 2.73. The van der Waals surface area contributed by atoms with E-state index >= 15 is 0 Å². The average Bonchev–Trinajstić information content (AvgIpc) is 2.54. The summed E-state index contributed by atoms with van der Waals surface area (Å²) in [4.78, 5) is 6.19. The van der Waals surface area contributed by atoms with E-state index < -0.39 is 0 Å². The topological polar surface area (TPSA) is 41.6 Å². The van der Waals surface area contributed by atoms with E-state index in [1.165, 1.54) is 11.1 Å². The van der Waals surface area contributed by atoms with E-state index in [1.54, 1.807) is 7.05 Å². The van der Waals surface area contributed by atoms with E-state index in [2.05, 4.69) is 95.1 Å². The number of nitrogens with zero attached hydrogens (tertiary/aromatic N) is 2. The van der Waals surface area contributed by atoms with Gasteiger partial charge in [0, 0.05) is 18.4 Å². The number of guanidine groups is 1. The molecule has 0 saturated carbocycles. The van der Waals surface area contributed by atoms with Crippen LogP contribution in [0.4, 0.5) is 11.4 Å². The number of rotatable bonds is 2. The highest BCUT2D eigenvalue weighted by atomic mass is 15.3. The minimum atomic E-state index is 0.127. The molecule has 0 aliphatic heterocycles. The fourth-order valence-corrected chi connectivity index (χ4v) is 2.73. The molecule has 0 heterocycles. The van der Waals surface area contributed by atoms with Gasteiger partial charge in [-0.25, -0.2) is 0 Å². The van der Waals surface area contributed by atoms with E-state index in [9.17, 15) is 0 Å². The predicted octanol–water partition coefficient (Wildman–Crippen LogP) is 5.36. The van der Waals surface area contributed by atoms with Crippen LogP contribution in [0.2, 0.25) is 0 Å². The number of hydrogen-bond donors (Lipinski definition) is 1. The van der Waals surface area contributed by atoms with Gasteiger partial charge >= 0.3 is 0 Å². The van der Waals surface area contributed by atoms with Crippen LogP contribution in [0.15, 0.2) is 53.5 Å². The van der Waals surface area contributed by atoms with Gasteiger partial charge in [0.1, 0.15) is 0 Å². The van der Waals surface area contributed by atoms with Crippen molar-refractivity contribution in [3.63, 3.8) is 0 Å². The first-order valence-corrected chi connectivity index (χ1v) is 8.77. The molecule has 2 N–H and O–H groups in total. The summed E-state index contributed by atoms with van der Waals surface area (Å²) >= 11 is 0. The van der Waals surface area contributed by atoms with E-state index in [4.69, 9.17) is 5.73 Å². The van der Waals surface area contributed by atoms with Gasteiger partial charge in [-0.05, 0) is 46.2 Å². The maximum atomic E-state index is 6.20. The fraction of sp³-hybridized carbons (Fsp3) is 0.409. The lowest BCUT2D eigenvalue weighted by molar-refractivity contribution is 0.590. The quantitative estimate of drug-likeness (QED) is 0.592. The second-order valence-corrected chi connectivity index (χ2v) is 8.51. The van der Waals surface area contributed by atoms with Gasteiger partial charge in [-0.2, -0.15) is 0 Å². The summed E-state index contributed by atoms with van der Waals surface area (Å²) in [5, 5.41) is 0. The molecule has 0 aromatic heterocycles. The molecule has 134 valence electrons. The van der Waals surface area contributed by atoms with Gasteiger partial charge in [-0.3, -0.25) is 9.89 Å². The van der Waals surface area contributed by atoms with Crippen LogP contribution in [0.5, 0.6) is 0 Å². The molecule has 0 aliphatic rings. The van der Waals surface area contributed by atoms with Gasteiger partial charge in [-0.1, -0.05) is 65.8 Å². The van der Waals surface area contributed by atoms with Crippen molar-refractivity contribution in [2.45, 2.75) is 52.4 Å². The first kappa shape index (κ1) is 19.0. The molecule has 0 saturated heterocycles.